The Balaban J connectivity index is 1.50. The molecule has 0 spiro atoms. The molecule has 0 saturated heterocycles. The molecule has 0 fully saturated rings. The van der Waals surface area contributed by atoms with E-state index in [4.69, 9.17) is 9.84 Å². The maximum Gasteiger partial charge on any atom is 0.335 e. The lowest BCUT2D eigenvalue weighted by atomic mass is 10.00. The number of carboxylic acid groups (broad SMARTS) is 1. The van der Waals surface area contributed by atoms with Crippen LogP contribution in [0.15, 0.2) is 118 Å². The number of para-hydroxylation sites is 1. The first-order valence-electron chi connectivity index (χ1n) is 11.5. The topological polar surface area (TPSA) is 79.2 Å². The third-order valence-corrected chi connectivity index (χ3v) is 6.29. The van der Waals surface area contributed by atoms with Crippen LogP contribution in [-0.4, -0.2) is 22.7 Å². The Kier molecular flexibility index (Phi) is 6.96. The van der Waals surface area contributed by atoms with Gasteiger partial charge < -0.3 is 9.84 Å². The highest BCUT2D eigenvalue weighted by Crippen LogP contribution is 2.31. The predicted octanol–water partition coefficient (Wildman–Crippen LogP) is 6.56. The molecule has 1 heterocycles. The Hall–Kier alpha value is -4.49. The first kappa shape index (κ1) is 24.2. The van der Waals surface area contributed by atoms with Crippen molar-refractivity contribution in [3.63, 3.8) is 0 Å². The van der Waals surface area contributed by atoms with Gasteiger partial charge in [-0.15, -0.1) is 0 Å². The van der Waals surface area contributed by atoms with Crippen LogP contribution in [0.5, 0.6) is 5.75 Å². The highest BCUT2D eigenvalue weighted by atomic mass is 79.9. The molecule has 7 heteroatoms. The van der Waals surface area contributed by atoms with Crippen LogP contribution < -0.4 is 9.75 Å². The lowest BCUT2D eigenvalue weighted by Crippen LogP contribution is -2.21. The average Bonchev–Trinajstić information content (AvgIpc) is 3.25. The second-order valence-electron chi connectivity index (χ2n) is 8.30. The molecule has 1 aliphatic heterocycles. The molecule has 0 aliphatic carbocycles. The van der Waals surface area contributed by atoms with Crippen LogP contribution in [0.3, 0.4) is 0 Å². The SMILES string of the molecule is O=C(O)c1ccc(COc2ccc(Br)cc2/C=C2\C(=O)N(c3ccccc3)N=C2c2ccccc2)cc1. The van der Waals surface area contributed by atoms with Gasteiger partial charge in [-0.05, 0) is 54.1 Å². The van der Waals surface area contributed by atoms with Crippen LogP contribution in [0.1, 0.15) is 27.0 Å². The molecule has 0 atom stereocenters. The van der Waals surface area contributed by atoms with Crippen LogP contribution in [0.2, 0.25) is 0 Å². The van der Waals surface area contributed by atoms with Crippen molar-refractivity contribution in [1.29, 1.82) is 0 Å². The number of carbonyl (C=O) groups is 2. The molecule has 5 rings (SSSR count). The van der Waals surface area contributed by atoms with Gasteiger partial charge in [0, 0.05) is 15.6 Å². The molecule has 0 unspecified atom stereocenters. The lowest BCUT2D eigenvalue weighted by Gasteiger charge is -2.12. The van der Waals surface area contributed by atoms with Gasteiger partial charge in [0.15, 0.2) is 0 Å². The molecule has 1 amide bonds. The molecule has 1 N–H and O–H groups in total. The van der Waals surface area contributed by atoms with Crippen molar-refractivity contribution >= 4 is 45.3 Å². The molecule has 4 aromatic carbocycles. The Morgan fingerprint density at radius 3 is 2.27 bits per heavy atom. The molecule has 0 aromatic heterocycles. The largest absolute Gasteiger partial charge is 0.488 e. The molecular weight excluding hydrogens is 532 g/mol. The maximum absolute atomic E-state index is 13.6. The number of aromatic carboxylic acids is 1. The molecular formula is C30H21BrN2O4. The van der Waals surface area contributed by atoms with Gasteiger partial charge in [-0.25, -0.2) is 4.79 Å². The Morgan fingerprint density at radius 1 is 0.919 bits per heavy atom. The summed E-state index contributed by atoms with van der Waals surface area (Å²) in [5, 5.41) is 15.2. The second kappa shape index (κ2) is 10.6. The molecule has 182 valence electrons. The minimum atomic E-state index is -0.976. The number of carbonyl (C=O) groups excluding carboxylic acids is 1. The van der Waals surface area contributed by atoms with E-state index >= 15 is 0 Å². The zero-order valence-electron chi connectivity index (χ0n) is 19.5. The number of halogens is 1. The monoisotopic (exact) mass is 552 g/mol. The number of carboxylic acids is 1. The minimum absolute atomic E-state index is 0.216. The van der Waals surface area contributed by atoms with Gasteiger partial charge in [-0.3, -0.25) is 4.79 Å². The summed E-state index contributed by atoms with van der Waals surface area (Å²) in [5.41, 5.74) is 4.28. The van der Waals surface area contributed by atoms with E-state index < -0.39 is 5.97 Å². The van der Waals surface area contributed by atoms with E-state index in [1.165, 1.54) is 5.01 Å². The highest BCUT2D eigenvalue weighted by molar-refractivity contribution is 9.10. The fourth-order valence-corrected chi connectivity index (χ4v) is 4.30. The summed E-state index contributed by atoms with van der Waals surface area (Å²) in [4.78, 5) is 24.7. The number of rotatable bonds is 7. The number of nitrogens with zero attached hydrogens (tertiary/aromatic N) is 2. The van der Waals surface area contributed by atoms with Gasteiger partial charge in [0.1, 0.15) is 18.1 Å². The Labute approximate surface area is 222 Å². The molecule has 0 saturated carbocycles. The van der Waals surface area contributed by atoms with Crippen molar-refractivity contribution < 1.29 is 19.4 Å². The number of ether oxygens (including phenoxy) is 1. The number of hydrazone groups is 1. The zero-order valence-corrected chi connectivity index (χ0v) is 21.1. The minimum Gasteiger partial charge on any atom is -0.488 e. The van der Waals surface area contributed by atoms with Gasteiger partial charge in [0.2, 0.25) is 0 Å². The van der Waals surface area contributed by atoms with Crippen LogP contribution in [0, 0.1) is 0 Å². The van der Waals surface area contributed by atoms with Crippen LogP contribution >= 0.6 is 15.9 Å². The van der Waals surface area contributed by atoms with Gasteiger partial charge in [0.25, 0.3) is 5.91 Å². The van der Waals surface area contributed by atoms with Crippen LogP contribution in [0.25, 0.3) is 6.08 Å². The molecule has 1 aliphatic rings. The van der Waals surface area contributed by atoms with E-state index in [1.54, 1.807) is 30.3 Å². The van der Waals surface area contributed by atoms with Crippen molar-refractivity contribution in [1.82, 2.24) is 0 Å². The van der Waals surface area contributed by atoms with E-state index in [1.807, 2.05) is 78.9 Å². The van der Waals surface area contributed by atoms with E-state index in [2.05, 4.69) is 21.0 Å². The summed E-state index contributed by atoms with van der Waals surface area (Å²) < 4.78 is 6.93. The molecule has 0 radical (unpaired) electrons. The van der Waals surface area contributed by atoms with Crippen molar-refractivity contribution in [2.24, 2.45) is 5.10 Å². The highest BCUT2D eigenvalue weighted by Gasteiger charge is 2.32. The van der Waals surface area contributed by atoms with Crippen molar-refractivity contribution in [2.75, 3.05) is 5.01 Å². The van der Waals surface area contributed by atoms with E-state index in [0.29, 0.717) is 28.3 Å². The number of amides is 1. The maximum atomic E-state index is 13.6. The smallest absolute Gasteiger partial charge is 0.335 e. The molecule has 0 bridgehead atoms. The van der Waals surface area contributed by atoms with Gasteiger partial charge in [-0.2, -0.15) is 10.1 Å². The molecule has 6 nitrogen and oxygen atoms in total. The summed E-state index contributed by atoms with van der Waals surface area (Å²) in [7, 11) is 0. The van der Waals surface area contributed by atoms with Crippen molar-refractivity contribution in [3.8, 4) is 5.75 Å². The summed E-state index contributed by atoms with van der Waals surface area (Å²) in [6, 6.07) is 31.0. The quantitative estimate of drug-likeness (QED) is 0.263. The number of hydrogen-bond acceptors (Lipinski definition) is 4. The average molecular weight is 553 g/mol. The summed E-state index contributed by atoms with van der Waals surface area (Å²) in [6.45, 7) is 0.238. The van der Waals surface area contributed by atoms with Gasteiger partial charge in [-0.1, -0.05) is 76.6 Å². The summed E-state index contributed by atoms with van der Waals surface area (Å²) in [6.07, 6.45) is 1.80. The third kappa shape index (κ3) is 5.37. The molecule has 4 aromatic rings. The van der Waals surface area contributed by atoms with E-state index in [0.717, 1.165) is 15.6 Å². The normalized spacial score (nSPS) is 14.1. The fourth-order valence-electron chi connectivity index (χ4n) is 3.92. The second-order valence-corrected chi connectivity index (χ2v) is 9.21. The summed E-state index contributed by atoms with van der Waals surface area (Å²) >= 11 is 3.52. The summed E-state index contributed by atoms with van der Waals surface area (Å²) in [5.74, 6) is -0.632. The first-order chi connectivity index (χ1) is 18.0. The van der Waals surface area contributed by atoms with Gasteiger partial charge >= 0.3 is 5.97 Å². The Bertz CT molecular complexity index is 1510. The molecule has 37 heavy (non-hydrogen) atoms. The third-order valence-electron chi connectivity index (χ3n) is 5.79. The number of benzene rings is 4. The number of hydrogen-bond donors (Lipinski definition) is 1. The predicted molar refractivity (Wildman–Crippen MR) is 147 cm³/mol. The van der Waals surface area contributed by atoms with Crippen LogP contribution in [0.4, 0.5) is 5.69 Å². The van der Waals surface area contributed by atoms with Gasteiger partial charge in [0.05, 0.1) is 16.8 Å². The fraction of sp³-hybridized carbons (Fsp3) is 0.0333. The standard InChI is InChI=1S/C30H21BrN2O4/c31-24-15-16-27(37-19-20-11-13-22(14-12-20)30(35)36)23(17-24)18-26-28(21-7-3-1-4-8-21)32-33(29(26)34)25-9-5-2-6-10-25/h1-18H,19H2,(H,35,36)/b26-18-. The first-order valence-corrected chi connectivity index (χ1v) is 12.3. The lowest BCUT2D eigenvalue weighted by molar-refractivity contribution is -0.114. The van der Waals surface area contributed by atoms with Crippen LogP contribution in [-0.2, 0) is 11.4 Å². The van der Waals surface area contributed by atoms with E-state index in [9.17, 15) is 9.59 Å². The van der Waals surface area contributed by atoms with Crippen molar-refractivity contribution in [2.45, 2.75) is 6.61 Å². The Morgan fingerprint density at radius 2 is 1.59 bits per heavy atom. The number of anilines is 1. The zero-order chi connectivity index (χ0) is 25.8. The van der Waals surface area contributed by atoms with E-state index in [-0.39, 0.29) is 18.1 Å². The van der Waals surface area contributed by atoms with Crippen molar-refractivity contribution in [3.05, 3.63) is 135 Å².